The third-order valence-electron chi connectivity index (χ3n) is 3.78. The predicted octanol–water partition coefficient (Wildman–Crippen LogP) is 3.85. The highest BCUT2D eigenvalue weighted by Gasteiger charge is 2.11. The average molecular weight is 390 g/mol. The Morgan fingerprint density at radius 2 is 1.85 bits per heavy atom. The molecule has 0 atom stereocenters. The van der Waals surface area contributed by atoms with Crippen LogP contribution in [0.5, 0.6) is 5.75 Å². The van der Waals surface area contributed by atoms with E-state index in [4.69, 9.17) is 16.3 Å². The smallest absolute Gasteiger partial charge is 0.251 e. The quantitative estimate of drug-likeness (QED) is 0.672. The van der Waals surface area contributed by atoms with E-state index in [0.29, 0.717) is 22.0 Å². The highest BCUT2D eigenvalue weighted by molar-refractivity contribution is 6.31. The van der Waals surface area contributed by atoms with Gasteiger partial charge in [0.25, 0.3) is 5.91 Å². The fourth-order valence-electron chi connectivity index (χ4n) is 2.50. The van der Waals surface area contributed by atoms with Gasteiger partial charge in [0.15, 0.2) is 0 Å². The zero-order chi connectivity index (χ0) is 20.0. The summed E-state index contributed by atoms with van der Waals surface area (Å²) in [6.45, 7) is 5.77. The maximum absolute atomic E-state index is 12.2. The molecule has 2 amide bonds. The lowest BCUT2D eigenvalue weighted by atomic mass is 10.1. The fraction of sp³-hybridized carbons (Fsp3) is 0.300. The molecule has 27 heavy (non-hydrogen) atoms. The molecule has 144 valence electrons. The van der Waals surface area contributed by atoms with Crippen LogP contribution in [-0.2, 0) is 4.79 Å². The fourth-order valence-corrected chi connectivity index (χ4v) is 2.67. The van der Waals surface area contributed by atoms with Crippen molar-refractivity contribution in [1.29, 1.82) is 0 Å². The van der Waals surface area contributed by atoms with Crippen molar-refractivity contribution >= 4 is 34.8 Å². The van der Waals surface area contributed by atoms with Crippen molar-refractivity contribution in [1.82, 2.24) is 5.32 Å². The molecule has 2 rings (SSSR count). The van der Waals surface area contributed by atoms with Crippen molar-refractivity contribution in [2.75, 3.05) is 24.3 Å². The highest BCUT2D eigenvalue weighted by atomic mass is 35.5. The minimum absolute atomic E-state index is 0.0635. The molecule has 0 spiro atoms. The Morgan fingerprint density at radius 1 is 1.11 bits per heavy atom. The second kappa shape index (κ2) is 9.28. The average Bonchev–Trinajstić information content (AvgIpc) is 2.60. The highest BCUT2D eigenvalue weighted by Crippen LogP contribution is 2.27. The van der Waals surface area contributed by atoms with Crippen LogP contribution >= 0.6 is 11.6 Å². The molecule has 6 nitrogen and oxygen atoms in total. The number of hydrogen-bond acceptors (Lipinski definition) is 4. The van der Waals surface area contributed by atoms with Crippen LogP contribution in [0.3, 0.4) is 0 Å². The van der Waals surface area contributed by atoms with Crippen molar-refractivity contribution < 1.29 is 14.3 Å². The SMILES string of the molecule is COc1ccc(Cl)cc1NC(=O)CNc1ccc(C(=O)NC(C)C)cc1C. The Balaban J connectivity index is 1.99. The minimum Gasteiger partial charge on any atom is -0.495 e. The number of methoxy groups -OCH3 is 1. The van der Waals surface area contributed by atoms with Gasteiger partial charge in [0.2, 0.25) is 5.91 Å². The maximum Gasteiger partial charge on any atom is 0.251 e. The second-order valence-corrected chi connectivity index (χ2v) is 6.84. The number of benzene rings is 2. The van der Waals surface area contributed by atoms with E-state index in [2.05, 4.69) is 16.0 Å². The Labute approximate surface area is 164 Å². The van der Waals surface area contributed by atoms with E-state index in [1.54, 1.807) is 36.4 Å². The van der Waals surface area contributed by atoms with Gasteiger partial charge in [-0.3, -0.25) is 9.59 Å². The summed E-state index contributed by atoms with van der Waals surface area (Å²) < 4.78 is 5.21. The van der Waals surface area contributed by atoms with Gasteiger partial charge in [0.1, 0.15) is 5.75 Å². The van der Waals surface area contributed by atoms with Gasteiger partial charge < -0.3 is 20.7 Å². The lowest BCUT2D eigenvalue weighted by Gasteiger charge is -2.14. The molecule has 0 aliphatic heterocycles. The molecular weight excluding hydrogens is 366 g/mol. The molecule has 0 heterocycles. The molecule has 0 radical (unpaired) electrons. The topological polar surface area (TPSA) is 79.5 Å². The van der Waals surface area contributed by atoms with Crippen LogP contribution in [-0.4, -0.2) is 31.5 Å². The Kier molecular flexibility index (Phi) is 7.07. The van der Waals surface area contributed by atoms with Crippen LogP contribution in [0.2, 0.25) is 5.02 Å². The van der Waals surface area contributed by atoms with E-state index >= 15 is 0 Å². The standard InChI is InChI=1S/C20H24ClN3O3/c1-12(2)23-20(26)14-5-7-16(13(3)9-14)22-11-19(25)24-17-10-15(21)6-8-18(17)27-4/h5-10,12,22H,11H2,1-4H3,(H,23,26)(H,24,25). The summed E-state index contributed by atoms with van der Waals surface area (Å²) in [6, 6.07) is 10.4. The molecule has 0 saturated heterocycles. The van der Waals surface area contributed by atoms with E-state index in [0.717, 1.165) is 11.3 Å². The lowest BCUT2D eigenvalue weighted by Crippen LogP contribution is -2.30. The van der Waals surface area contributed by atoms with Gasteiger partial charge in [-0.05, 0) is 62.7 Å². The first-order valence-corrected chi connectivity index (χ1v) is 8.96. The molecule has 0 aliphatic rings. The van der Waals surface area contributed by atoms with Gasteiger partial charge in [-0.25, -0.2) is 0 Å². The number of halogens is 1. The number of hydrogen-bond donors (Lipinski definition) is 3. The lowest BCUT2D eigenvalue weighted by molar-refractivity contribution is -0.114. The van der Waals surface area contributed by atoms with Crippen molar-refractivity contribution in [3.63, 3.8) is 0 Å². The second-order valence-electron chi connectivity index (χ2n) is 6.40. The van der Waals surface area contributed by atoms with E-state index in [-0.39, 0.29) is 24.4 Å². The molecule has 2 aromatic rings. The van der Waals surface area contributed by atoms with Gasteiger partial charge >= 0.3 is 0 Å². The number of carbonyl (C=O) groups is 2. The molecule has 3 N–H and O–H groups in total. The summed E-state index contributed by atoms with van der Waals surface area (Å²) in [7, 11) is 1.53. The number of anilines is 2. The van der Waals surface area contributed by atoms with E-state index in [1.165, 1.54) is 7.11 Å². The molecule has 0 bridgehead atoms. The third kappa shape index (κ3) is 5.89. The first-order chi connectivity index (χ1) is 12.8. The first kappa shape index (κ1) is 20.6. The molecule has 7 heteroatoms. The van der Waals surface area contributed by atoms with E-state index in [9.17, 15) is 9.59 Å². The number of ether oxygens (including phenoxy) is 1. The number of carbonyl (C=O) groups excluding carboxylic acids is 2. The predicted molar refractivity (Wildman–Crippen MR) is 109 cm³/mol. The van der Waals surface area contributed by atoms with Crippen LogP contribution in [0.15, 0.2) is 36.4 Å². The van der Waals surface area contributed by atoms with Crippen molar-refractivity contribution in [2.24, 2.45) is 0 Å². The van der Waals surface area contributed by atoms with Crippen molar-refractivity contribution in [2.45, 2.75) is 26.8 Å². The van der Waals surface area contributed by atoms with Gasteiger partial charge in [0, 0.05) is 22.3 Å². The summed E-state index contributed by atoms with van der Waals surface area (Å²) >= 11 is 5.97. The van der Waals surface area contributed by atoms with Crippen molar-refractivity contribution in [3.8, 4) is 5.75 Å². The van der Waals surface area contributed by atoms with E-state index < -0.39 is 0 Å². The summed E-state index contributed by atoms with van der Waals surface area (Å²) in [5.41, 5.74) is 2.75. The number of rotatable bonds is 7. The van der Waals surface area contributed by atoms with Crippen LogP contribution in [0.4, 0.5) is 11.4 Å². The molecule has 0 aliphatic carbocycles. The van der Waals surface area contributed by atoms with Crippen LogP contribution in [0, 0.1) is 6.92 Å². The monoisotopic (exact) mass is 389 g/mol. The minimum atomic E-state index is -0.239. The van der Waals surface area contributed by atoms with Gasteiger partial charge in [-0.1, -0.05) is 11.6 Å². The number of amides is 2. The molecule has 2 aromatic carbocycles. The Morgan fingerprint density at radius 3 is 2.48 bits per heavy atom. The number of aryl methyl sites for hydroxylation is 1. The third-order valence-corrected chi connectivity index (χ3v) is 4.02. The van der Waals surface area contributed by atoms with Crippen LogP contribution < -0.4 is 20.7 Å². The van der Waals surface area contributed by atoms with Gasteiger partial charge in [0.05, 0.1) is 19.3 Å². The molecular formula is C20H24ClN3O3. The Hall–Kier alpha value is -2.73. The van der Waals surface area contributed by atoms with Crippen molar-refractivity contribution in [3.05, 3.63) is 52.5 Å². The van der Waals surface area contributed by atoms with E-state index in [1.807, 2.05) is 20.8 Å². The maximum atomic E-state index is 12.2. The van der Waals surface area contributed by atoms with Gasteiger partial charge in [-0.15, -0.1) is 0 Å². The Bertz CT molecular complexity index is 837. The van der Waals surface area contributed by atoms with Crippen LogP contribution in [0.1, 0.15) is 29.8 Å². The largest absolute Gasteiger partial charge is 0.495 e. The summed E-state index contributed by atoms with van der Waals surface area (Å²) in [5, 5.41) is 9.20. The molecule has 0 aromatic heterocycles. The first-order valence-electron chi connectivity index (χ1n) is 8.59. The summed E-state index contributed by atoms with van der Waals surface area (Å²) in [4.78, 5) is 24.3. The van der Waals surface area contributed by atoms with Crippen LogP contribution in [0.25, 0.3) is 0 Å². The normalized spacial score (nSPS) is 10.4. The van der Waals surface area contributed by atoms with Gasteiger partial charge in [-0.2, -0.15) is 0 Å². The zero-order valence-electron chi connectivity index (χ0n) is 15.9. The number of nitrogens with one attached hydrogen (secondary N) is 3. The zero-order valence-corrected chi connectivity index (χ0v) is 16.6. The summed E-state index contributed by atoms with van der Waals surface area (Å²) in [6.07, 6.45) is 0. The molecule has 0 saturated carbocycles. The molecule has 0 unspecified atom stereocenters. The molecule has 0 fully saturated rings. The summed E-state index contributed by atoms with van der Waals surface area (Å²) in [5.74, 6) is 0.173.